The van der Waals surface area contributed by atoms with Gasteiger partial charge in [-0.05, 0) is 5.89 Å². The van der Waals surface area contributed by atoms with Gasteiger partial charge in [0.25, 0.3) is 11.7 Å². The van der Waals surface area contributed by atoms with Crippen molar-refractivity contribution < 1.29 is 40.1 Å². The Labute approximate surface area is 96.1 Å². The molecule has 0 aromatic carbocycles. The van der Waals surface area contributed by atoms with E-state index in [1.807, 2.05) is 0 Å². The van der Waals surface area contributed by atoms with Crippen molar-refractivity contribution >= 4 is 11.7 Å². The molecule has 0 heterocycles. The highest BCUT2D eigenvalue weighted by Gasteiger charge is 2.28. The fourth-order valence-electron chi connectivity index (χ4n) is 0.609. The summed E-state index contributed by atoms with van der Waals surface area (Å²) >= 11 is 0. The summed E-state index contributed by atoms with van der Waals surface area (Å²) < 4.78 is 68.3. The summed E-state index contributed by atoms with van der Waals surface area (Å²) in [6.45, 7) is 0. The van der Waals surface area contributed by atoms with E-state index >= 15 is 0 Å². The van der Waals surface area contributed by atoms with Gasteiger partial charge in [-0.2, -0.15) is 0 Å². The molecule has 5 N–H and O–H groups in total. The second-order valence-corrected chi connectivity index (χ2v) is 2.18. The Kier molecular flexibility index (Phi) is 1.54. The average molecular weight is 216 g/mol. The molecule has 0 bridgehead atoms. The third kappa shape index (κ3) is 3.32. The summed E-state index contributed by atoms with van der Waals surface area (Å²) in [5.74, 6) is -6.36. The van der Waals surface area contributed by atoms with Crippen LogP contribution in [0.4, 0.5) is 0 Å². The van der Waals surface area contributed by atoms with Crippen molar-refractivity contribution in [1.82, 2.24) is 0 Å². The van der Waals surface area contributed by atoms with Crippen LogP contribution in [0.25, 0.3) is 0 Å². The minimum atomic E-state index is -3.28. The highest BCUT2D eigenvalue weighted by Crippen LogP contribution is 2.29. The molecule has 1 atom stereocenters. The van der Waals surface area contributed by atoms with Gasteiger partial charge in [0.1, 0.15) is 0 Å². The average Bonchev–Trinajstić information content (AvgIpc) is 2.33. The Morgan fingerprint density at radius 1 is 1.77 bits per heavy atom. The van der Waals surface area contributed by atoms with Crippen molar-refractivity contribution in [1.29, 1.82) is 0 Å². The first-order valence-electron chi connectivity index (χ1n) is 7.68. The summed E-state index contributed by atoms with van der Waals surface area (Å²) in [4.78, 5) is 22.3. The van der Waals surface area contributed by atoms with Gasteiger partial charge in [0.05, 0.1) is 0 Å². The molecular formula is C8H15ClN2O2. The summed E-state index contributed by atoms with van der Waals surface area (Å²) in [7, 11) is 0. The minimum Gasteiger partial charge on any atom is -1.00 e. The molecule has 4 nitrogen and oxygen atoms in total. The summed E-state index contributed by atoms with van der Waals surface area (Å²) in [6, 6.07) is -2.14. The molecule has 0 radical (unpaired) electrons. The molecule has 1 aliphatic carbocycles. The Morgan fingerprint density at radius 2 is 2.31 bits per heavy atom. The summed E-state index contributed by atoms with van der Waals surface area (Å²) in [5, 5.41) is 0. The molecule has 1 aliphatic rings. The number of amides is 1. The molecule has 1 unspecified atom stereocenters. The van der Waals surface area contributed by atoms with Crippen molar-refractivity contribution in [2.24, 2.45) is 11.6 Å². The fourth-order valence-corrected chi connectivity index (χ4v) is 0.609. The van der Waals surface area contributed by atoms with E-state index < -0.39 is 49.1 Å². The maximum atomic E-state index is 11.5. The Morgan fingerprint density at radius 3 is 2.77 bits per heavy atom. The van der Waals surface area contributed by atoms with Crippen molar-refractivity contribution in [3.8, 4) is 0 Å². The molecule has 0 aromatic heterocycles. The molecule has 0 spiro atoms. The maximum Gasteiger partial charge on any atom is 0.291 e. The fraction of sp³-hybridized carbons (Fsp3) is 0.750. The number of ketones is 1. The van der Waals surface area contributed by atoms with E-state index in [4.69, 9.17) is 18.1 Å². The molecule has 1 fully saturated rings. The lowest BCUT2D eigenvalue weighted by Gasteiger charge is -2.25. The number of carbonyl (C=O) groups excluding carboxylic acids is 2. The molecule has 5 heteroatoms. The summed E-state index contributed by atoms with van der Waals surface area (Å²) in [6.07, 6.45) is -12.9. The van der Waals surface area contributed by atoms with E-state index in [0.717, 1.165) is 0 Å². The van der Waals surface area contributed by atoms with Crippen molar-refractivity contribution in [3.63, 3.8) is 0 Å². The largest absolute Gasteiger partial charge is 1.00 e. The van der Waals surface area contributed by atoms with Crippen LogP contribution in [-0.4, -0.2) is 17.7 Å². The first-order valence-corrected chi connectivity index (χ1v) is 3.18. The van der Waals surface area contributed by atoms with E-state index in [0.29, 0.717) is 0 Å². The quantitative estimate of drug-likeness (QED) is 0.467. The normalized spacial score (nSPS) is 43.6. The number of carbonyl (C=O) groups is 2. The molecule has 0 aromatic rings. The van der Waals surface area contributed by atoms with Crippen LogP contribution in [-0.2, 0) is 9.59 Å². The smallest absolute Gasteiger partial charge is 0.291 e. The van der Waals surface area contributed by atoms with Gasteiger partial charge in [-0.1, -0.05) is 19.1 Å². The molecular weight excluding hydrogens is 192 g/mol. The van der Waals surface area contributed by atoms with Gasteiger partial charge >= 0.3 is 0 Å². The van der Waals surface area contributed by atoms with Gasteiger partial charge in [0.2, 0.25) is 0 Å². The van der Waals surface area contributed by atoms with Crippen LogP contribution in [0, 0.1) is 5.89 Å². The molecule has 0 saturated heterocycles. The molecule has 1 saturated carbocycles. The minimum absolute atomic E-state index is 0. The van der Waals surface area contributed by atoms with Crippen LogP contribution in [0.1, 0.15) is 37.8 Å². The lowest BCUT2D eigenvalue weighted by atomic mass is 9.80. The van der Waals surface area contributed by atoms with Crippen molar-refractivity contribution in [2.75, 3.05) is 0 Å². The number of Topliss-reactive ketones (excluding diaryl/α,β-unsaturated/α-hetero) is 1. The van der Waals surface area contributed by atoms with Crippen LogP contribution in [0.2, 0.25) is 0 Å². The zero-order chi connectivity index (χ0) is 17.2. The lowest BCUT2D eigenvalue weighted by molar-refractivity contribution is -0.406. The number of nitrogens with two attached hydrogens (primary N) is 1. The Balaban J connectivity index is 0.00000441. The topological polar surface area (TPSA) is 87.8 Å². The molecule has 1 rings (SSSR count). The molecule has 13 heavy (non-hydrogen) atoms. The van der Waals surface area contributed by atoms with Gasteiger partial charge in [0, 0.05) is 18.7 Å². The van der Waals surface area contributed by atoms with Gasteiger partial charge < -0.3 is 23.9 Å². The second kappa shape index (κ2) is 5.19. The number of quaternary nitrogens is 1. The van der Waals surface area contributed by atoms with Crippen LogP contribution >= 0.6 is 0 Å². The van der Waals surface area contributed by atoms with Crippen LogP contribution in [0.3, 0.4) is 0 Å². The first kappa shape index (κ1) is 3.87. The van der Waals surface area contributed by atoms with E-state index in [1.54, 1.807) is 0 Å². The lowest BCUT2D eigenvalue weighted by Crippen LogP contribution is -3.00. The molecule has 76 valence electrons. The Hall–Kier alpha value is -0.610. The highest BCUT2D eigenvalue weighted by atomic mass is 35.5. The van der Waals surface area contributed by atoms with Crippen LogP contribution < -0.4 is 23.9 Å². The SMILES string of the molecule is [2H]C([2H])(C([NH3+])C(=O)C(N)=O)C1([2H])C([2H])([2H])C([2H])([2H])C1([2H])[2H].[Cl-]. The van der Waals surface area contributed by atoms with Crippen LogP contribution in [0.5, 0.6) is 0 Å². The zero-order valence-corrected chi connectivity index (χ0v) is 7.31. The van der Waals surface area contributed by atoms with E-state index in [9.17, 15) is 9.59 Å². The third-order valence-electron chi connectivity index (χ3n) is 1.25. The zero-order valence-electron chi connectivity index (χ0n) is 15.6. The van der Waals surface area contributed by atoms with E-state index in [1.165, 1.54) is 0 Å². The van der Waals surface area contributed by atoms with Gasteiger partial charge in [-0.15, -0.1) is 0 Å². The number of halogens is 1. The maximum absolute atomic E-state index is 11.5. The summed E-state index contributed by atoms with van der Waals surface area (Å²) in [5.41, 5.74) is 7.76. The highest BCUT2D eigenvalue weighted by molar-refractivity contribution is 6.37. The number of rotatable bonds is 4. The predicted octanol–water partition coefficient (Wildman–Crippen LogP) is -4.15. The monoisotopic (exact) mass is 215 g/mol. The third-order valence-corrected chi connectivity index (χ3v) is 1.25. The van der Waals surface area contributed by atoms with Crippen molar-refractivity contribution in [3.05, 3.63) is 0 Å². The van der Waals surface area contributed by atoms with Gasteiger partial charge in [-0.25, -0.2) is 0 Å². The van der Waals surface area contributed by atoms with Crippen LogP contribution in [0.15, 0.2) is 0 Å². The van der Waals surface area contributed by atoms with E-state index in [-0.39, 0.29) is 12.4 Å². The predicted molar refractivity (Wildman–Crippen MR) is 42.8 cm³/mol. The van der Waals surface area contributed by atoms with E-state index in [2.05, 4.69) is 5.73 Å². The molecule has 0 aliphatic heterocycles. The molecule has 1 amide bonds. The Bertz CT molecular complexity index is 492. The number of primary amides is 1. The number of hydrogen-bond donors (Lipinski definition) is 2. The van der Waals surface area contributed by atoms with Crippen molar-refractivity contribution in [2.45, 2.75) is 31.5 Å². The van der Waals surface area contributed by atoms with Gasteiger partial charge in [0.15, 0.2) is 6.04 Å². The number of hydrogen-bond acceptors (Lipinski definition) is 2. The second-order valence-electron chi connectivity index (χ2n) is 2.18. The standard InChI is InChI=1S/C8H14N2O2.ClH/c9-6(7(11)8(10)12)4-5-2-1-3-5;/h5-6H,1-4,9H2,(H2,10,12);1H/i1D2,2D2,3D2,4D2,5D;. The first-order chi connectivity index (χ1) is 9.01. The van der Waals surface area contributed by atoms with Gasteiger partial charge in [-0.3, -0.25) is 9.59 Å².